The zero-order valence-electron chi connectivity index (χ0n) is 9.61. The van der Waals surface area contributed by atoms with Crippen molar-refractivity contribution in [1.29, 1.82) is 0 Å². The summed E-state index contributed by atoms with van der Waals surface area (Å²) < 4.78 is 2.76. The Bertz CT molecular complexity index is 538. The summed E-state index contributed by atoms with van der Waals surface area (Å²) in [4.78, 5) is 12.9. The van der Waals surface area contributed by atoms with E-state index in [0.717, 1.165) is 28.8 Å². The third-order valence-electron chi connectivity index (χ3n) is 2.50. The molecular formula is C11H12BrClN4. The predicted molar refractivity (Wildman–Crippen MR) is 71.0 cm³/mol. The Balaban J connectivity index is 2.57. The molecule has 0 unspecified atom stereocenters. The zero-order valence-corrected chi connectivity index (χ0v) is 12.0. The van der Waals surface area contributed by atoms with Crippen molar-refractivity contribution >= 4 is 27.5 Å². The molecule has 0 atom stereocenters. The first kappa shape index (κ1) is 12.5. The summed E-state index contributed by atoms with van der Waals surface area (Å²) in [7, 11) is 0. The van der Waals surface area contributed by atoms with Crippen molar-refractivity contribution in [2.75, 3.05) is 0 Å². The van der Waals surface area contributed by atoms with Crippen molar-refractivity contribution in [3.05, 3.63) is 27.8 Å². The monoisotopic (exact) mass is 314 g/mol. The van der Waals surface area contributed by atoms with Crippen molar-refractivity contribution in [2.45, 2.75) is 26.8 Å². The summed E-state index contributed by atoms with van der Waals surface area (Å²) in [6, 6.07) is 0. The van der Waals surface area contributed by atoms with Crippen molar-refractivity contribution in [1.82, 2.24) is 19.5 Å². The summed E-state index contributed by atoms with van der Waals surface area (Å²) in [5.74, 6) is 0.620. The Hall–Kier alpha value is -0.940. The topological polar surface area (TPSA) is 43.6 Å². The van der Waals surface area contributed by atoms with Gasteiger partial charge in [0, 0.05) is 6.54 Å². The summed E-state index contributed by atoms with van der Waals surface area (Å²) in [6.07, 6.45) is 4.32. The van der Waals surface area contributed by atoms with Gasteiger partial charge in [-0.05, 0) is 29.3 Å². The fraction of sp³-hybridized carbons (Fsp3) is 0.364. The van der Waals surface area contributed by atoms with Crippen LogP contribution in [-0.2, 0) is 13.0 Å². The van der Waals surface area contributed by atoms with E-state index in [9.17, 15) is 0 Å². The molecule has 90 valence electrons. The van der Waals surface area contributed by atoms with Crippen LogP contribution in [0.3, 0.4) is 0 Å². The van der Waals surface area contributed by atoms with Crippen LogP contribution in [-0.4, -0.2) is 19.5 Å². The van der Waals surface area contributed by atoms with Gasteiger partial charge in [0.1, 0.15) is 10.8 Å². The van der Waals surface area contributed by atoms with E-state index in [-0.39, 0.29) is 0 Å². The molecule has 0 spiro atoms. The van der Waals surface area contributed by atoms with Crippen LogP contribution in [0.2, 0.25) is 5.15 Å². The lowest BCUT2D eigenvalue weighted by Gasteiger charge is -2.08. The van der Waals surface area contributed by atoms with Gasteiger partial charge in [-0.15, -0.1) is 0 Å². The standard InChI is InChI=1S/C11H12BrClN4/c1-3-7-9(12)10(13)16-11(15-7)8-5-14-6-17(8)4-2/h5-6H,3-4H2,1-2H3. The van der Waals surface area contributed by atoms with Crippen LogP contribution in [0.15, 0.2) is 17.0 Å². The molecule has 2 aromatic rings. The highest BCUT2D eigenvalue weighted by Crippen LogP contribution is 2.27. The summed E-state index contributed by atoms with van der Waals surface area (Å²) in [6.45, 7) is 4.91. The van der Waals surface area contributed by atoms with Gasteiger partial charge in [-0.25, -0.2) is 15.0 Å². The maximum Gasteiger partial charge on any atom is 0.179 e. The Labute approximate surface area is 113 Å². The summed E-state index contributed by atoms with van der Waals surface area (Å²) in [5.41, 5.74) is 1.79. The number of aromatic nitrogens is 4. The van der Waals surface area contributed by atoms with Gasteiger partial charge >= 0.3 is 0 Å². The minimum absolute atomic E-state index is 0.440. The van der Waals surface area contributed by atoms with Gasteiger partial charge in [0.05, 0.1) is 22.7 Å². The molecule has 0 saturated carbocycles. The first-order valence-corrected chi connectivity index (χ1v) is 6.56. The largest absolute Gasteiger partial charge is 0.328 e. The fourth-order valence-corrected chi connectivity index (χ4v) is 2.22. The first-order chi connectivity index (χ1) is 8.17. The third-order valence-corrected chi connectivity index (χ3v) is 3.83. The number of aryl methyl sites for hydroxylation is 2. The van der Waals surface area contributed by atoms with E-state index in [0.29, 0.717) is 11.0 Å². The second kappa shape index (κ2) is 5.14. The first-order valence-electron chi connectivity index (χ1n) is 5.39. The van der Waals surface area contributed by atoms with E-state index in [2.05, 4.69) is 30.9 Å². The van der Waals surface area contributed by atoms with Crippen LogP contribution in [0.5, 0.6) is 0 Å². The van der Waals surface area contributed by atoms with Crippen LogP contribution in [0.4, 0.5) is 0 Å². The molecule has 0 aliphatic heterocycles. The molecule has 2 aromatic heterocycles. The van der Waals surface area contributed by atoms with Crippen molar-refractivity contribution in [2.24, 2.45) is 0 Å². The highest BCUT2D eigenvalue weighted by molar-refractivity contribution is 9.10. The van der Waals surface area contributed by atoms with Gasteiger partial charge < -0.3 is 4.57 Å². The van der Waals surface area contributed by atoms with Gasteiger partial charge in [-0.3, -0.25) is 0 Å². The van der Waals surface area contributed by atoms with E-state index in [1.54, 1.807) is 12.5 Å². The average molecular weight is 316 g/mol. The average Bonchev–Trinajstić information content (AvgIpc) is 2.80. The normalized spacial score (nSPS) is 10.8. The SMILES string of the molecule is CCc1nc(-c2cncn2CC)nc(Cl)c1Br. The molecule has 0 aromatic carbocycles. The van der Waals surface area contributed by atoms with Gasteiger partial charge in [-0.1, -0.05) is 18.5 Å². The molecule has 2 heterocycles. The molecule has 0 amide bonds. The molecule has 17 heavy (non-hydrogen) atoms. The molecule has 0 N–H and O–H groups in total. The maximum atomic E-state index is 6.08. The Morgan fingerprint density at radius 2 is 2.12 bits per heavy atom. The summed E-state index contributed by atoms with van der Waals surface area (Å²) >= 11 is 9.48. The highest BCUT2D eigenvalue weighted by atomic mass is 79.9. The fourth-order valence-electron chi connectivity index (χ4n) is 1.57. The lowest BCUT2D eigenvalue weighted by Crippen LogP contribution is -2.02. The van der Waals surface area contributed by atoms with Crippen LogP contribution >= 0.6 is 27.5 Å². The number of hydrogen-bond donors (Lipinski definition) is 0. The smallest absolute Gasteiger partial charge is 0.179 e. The van der Waals surface area contributed by atoms with Gasteiger partial charge in [0.15, 0.2) is 5.82 Å². The lowest BCUT2D eigenvalue weighted by molar-refractivity contribution is 0.762. The van der Waals surface area contributed by atoms with Crippen molar-refractivity contribution < 1.29 is 0 Å². The third kappa shape index (κ3) is 2.35. The number of hydrogen-bond acceptors (Lipinski definition) is 3. The predicted octanol–water partition coefficient (Wildman–Crippen LogP) is 3.34. The maximum absolute atomic E-state index is 6.08. The second-order valence-electron chi connectivity index (χ2n) is 3.52. The van der Waals surface area contributed by atoms with E-state index in [4.69, 9.17) is 11.6 Å². The molecule has 0 aliphatic carbocycles. The number of rotatable bonds is 3. The van der Waals surface area contributed by atoms with Gasteiger partial charge in [0.25, 0.3) is 0 Å². The molecule has 2 rings (SSSR count). The summed E-state index contributed by atoms with van der Waals surface area (Å²) in [5, 5.41) is 0.440. The quantitative estimate of drug-likeness (QED) is 0.816. The molecule has 6 heteroatoms. The number of imidazole rings is 1. The molecule has 4 nitrogen and oxygen atoms in total. The number of halogens is 2. The Morgan fingerprint density at radius 3 is 2.76 bits per heavy atom. The van der Waals surface area contributed by atoms with Crippen LogP contribution in [0, 0.1) is 0 Å². The molecule has 0 radical (unpaired) electrons. The molecular weight excluding hydrogens is 304 g/mol. The Morgan fingerprint density at radius 1 is 1.35 bits per heavy atom. The van der Waals surface area contributed by atoms with Crippen molar-refractivity contribution in [3.63, 3.8) is 0 Å². The van der Waals surface area contributed by atoms with E-state index >= 15 is 0 Å². The molecule has 0 bridgehead atoms. The zero-order chi connectivity index (χ0) is 12.4. The number of nitrogens with zero attached hydrogens (tertiary/aromatic N) is 4. The van der Waals surface area contributed by atoms with E-state index in [1.807, 2.05) is 18.4 Å². The van der Waals surface area contributed by atoms with Crippen LogP contribution in [0.25, 0.3) is 11.5 Å². The van der Waals surface area contributed by atoms with Crippen LogP contribution in [0.1, 0.15) is 19.5 Å². The lowest BCUT2D eigenvalue weighted by atomic mass is 10.3. The molecule has 0 aliphatic rings. The van der Waals surface area contributed by atoms with Gasteiger partial charge in [-0.2, -0.15) is 0 Å². The van der Waals surface area contributed by atoms with Crippen molar-refractivity contribution in [3.8, 4) is 11.5 Å². The minimum atomic E-state index is 0.440. The van der Waals surface area contributed by atoms with E-state index < -0.39 is 0 Å². The van der Waals surface area contributed by atoms with Crippen LogP contribution < -0.4 is 0 Å². The highest BCUT2D eigenvalue weighted by Gasteiger charge is 2.13. The van der Waals surface area contributed by atoms with Gasteiger partial charge in [0.2, 0.25) is 0 Å². The molecule has 0 saturated heterocycles. The second-order valence-corrected chi connectivity index (χ2v) is 4.67. The minimum Gasteiger partial charge on any atom is -0.328 e. The Kier molecular flexibility index (Phi) is 3.79. The van der Waals surface area contributed by atoms with E-state index in [1.165, 1.54) is 0 Å². The molecule has 0 fully saturated rings.